The highest BCUT2D eigenvalue weighted by Gasteiger charge is 2.34. The maximum Gasteiger partial charge on any atom is 0.0159 e. The Labute approximate surface area is 159 Å². The fourth-order valence-electron chi connectivity index (χ4n) is 5.03. The van der Waals surface area contributed by atoms with Crippen molar-refractivity contribution in [3.8, 4) is 11.1 Å². The predicted octanol–water partition coefficient (Wildman–Crippen LogP) is 7.45. The summed E-state index contributed by atoms with van der Waals surface area (Å²) in [7, 11) is 0. The highest BCUT2D eigenvalue weighted by atomic mass is 14.4. The van der Waals surface area contributed by atoms with Crippen LogP contribution in [-0.4, -0.2) is 0 Å². The van der Waals surface area contributed by atoms with E-state index in [2.05, 4.69) is 98.8 Å². The second-order valence-corrected chi connectivity index (χ2v) is 8.25. The van der Waals surface area contributed by atoms with E-state index < -0.39 is 0 Å². The number of fused-ring (bicyclic) bond motifs is 5. The van der Waals surface area contributed by atoms with Crippen LogP contribution in [0.3, 0.4) is 0 Å². The fourth-order valence-corrected chi connectivity index (χ4v) is 5.03. The summed E-state index contributed by atoms with van der Waals surface area (Å²) in [5.74, 6) is 0. The Bertz CT molecular complexity index is 1390. The molecule has 1 aliphatic rings. The lowest BCUT2D eigenvalue weighted by molar-refractivity contribution is 0.646. The molecule has 0 radical (unpaired) electrons. The van der Waals surface area contributed by atoms with Crippen molar-refractivity contribution in [1.82, 2.24) is 0 Å². The van der Waals surface area contributed by atoms with Crippen molar-refractivity contribution in [3.05, 3.63) is 96.1 Å². The molecule has 0 amide bonds. The van der Waals surface area contributed by atoms with Gasteiger partial charge in [-0.1, -0.05) is 80.6 Å². The smallest absolute Gasteiger partial charge is 0.0159 e. The first kappa shape index (κ1) is 15.0. The SMILES string of the molecule is CC1(C)c2cc3ccccc3cc2-c2c3ccccc3cc3cccc1c23. The lowest BCUT2D eigenvalue weighted by Crippen LogP contribution is -2.23. The van der Waals surface area contributed by atoms with E-state index in [-0.39, 0.29) is 5.41 Å². The van der Waals surface area contributed by atoms with Crippen molar-refractivity contribution in [3.63, 3.8) is 0 Å². The molecule has 0 saturated heterocycles. The van der Waals surface area contributed by atoms with Gasteiger partial charge in [0.05, 0.1) is 0 Å². The quantitative estimate of drug-likeness (QED) is 0.256. The van der Waals surface area contributed by atoms with E-state index >= 15 is 0 Å². The summed E-state index contributed by atoms with van der Waals surface area (Å²) in [6.07, 6.45) is 0. The first-order valence-electron chi connectivity index (χ1n) is 9.63. The molecule has 0 nitrogen and oxygen atoms in total. The lowest BCUT2D eigenvalue weighted by Gasteiger charge is -2.36. The summed E-state index contributed by atoms with van der Waals surface area (Å²) in [5.41, 5.74) is 5.63. The Morgan fingerprint density at radius 2 is 1.22 bits per heavy atom. The Hall–Kier alpha value is -3.12. The van der Waals surface area contributed by atoms with E-state index in [4.69, 9.17) is 0 Å². The molecule has 6 rings (SSSR count). The summed E-state index contributed by atoms with van der Waals surface area (Å²) in [5, 5.41) is 8.06. The molecule has 0 N–H and O–H groups in total. The van der Waals surface area contributed by atoms with Crippen LogP contribution < -0.4 is 0 Å². The summed E-state index contributed by atoms with van der Waals surface area (Å²) in [6.45, 7) is 4.74. The molecule has 0 atom stereocenters. The number of benzene rings is 5. The van der Waals surface area contributed by atoms with Gasteiger partial charge in [-0.3, -0.25) is 0 Å². The number of hydrogen-bond acceptors (Lipinski definition) is 0. The van der Waals surface area contributed by atoms with Gasteiger partial charge in [-0.05, 0) is 72.8 Å². The predicted molar refractivity (Wildman–Crippen MR) is 117 cm³/mol. The largest absolute Gasteiger partial charge is 0.0616 e. The maximum atomic E-state index is 2.41. The van der Waals surface area contributed by atoms with Crippen LogP contribution in [0.5, 0.6) is 0 Å². The van der Waals surface area contributed by atoms with Gasteiger partial charge in [0, 0.05) is 5.41 Å². The molecule has 0 heteroatoms. The molecule has 0 bridgehead atoms. The minimum atomic E-state index is -0.0195. The molecule has 5 aromatic carbocycles. The zero-order valence-electron chi connectivity index (χ0n) is 15.6. The Balaban J connectivity index is 1.92. The third-order valence-corrected chi connectivity index (χ3v) is 6.39. The van der Waals surface area contributed by atoms with Gasteiger partial charge in [0.1, 0.15) is 0 Å². The van der Waals surface area contributed by atoms with Crippen LogP contribution in [0.2, 0.25) is 0 Å². The van der Waals surface area contributed by atoms with Crippen molar-refractivity contribution in [2.75, 3.05) is 0 Å². The van der Waals surface area contributed by atoms with Crippen molar-refractivity contribution in [2.24, 2.45) is 0 Å². The monoisotopic (exact) mass is 344 g/mol. The average Bonchev–Trinajstić information content (AvgIpc) is 2.70. The highest BCUT2D eigenvalue weighted by molar-refractivity contribution is 6.17. The van der Waals surface area contributed by atoms with Gasteiger partial charge in [0.25, 0.3) is 0 Å². The molecule has 1 aliphatic carbocycles. The van der Waals surface area contributed by atoms with Crippen molar-refractivity contribution >= 4 is 32.3 Å². The standard InChI is InChI=1S/C27H20/c1-27(2)23-13-7-11-20-14-19-10-5-6-12-21(19)26(25(20)23)22-15-17-8-3-4-9-18(17)16-24(22)27/h3-16H,1-2H3. The zero-order chi connectivity index (χ0) is 18.2. The van der Waals surface area contributed by atoms with E-state index in [0.717, 1.165) is 0 Å². The van der Waals surface area contributed by atoms with Crippen LogP contribution in [0, 0.1) is 0 Å². The molecule has 0 spiro atoms. The van der Waals surface area contributed by atoms with Gasteiger partial charge < -0.3 is 0 Å². The minimum Gasteiger partial charge on any atom is -0.0616 e. The third-order valence-electron chi connectivity index (χ3n) is 6.39. The van der Waals surface area contributed by atoms with Gasteiger partial charge >= 0.3 is 0 Å². The fraction of sp³-hybridized carbons (Fsp3) is 0.111. The molecule has 0 saturated carbocycles. The minimum absolute atomic E-state index is 0.0195. The molecule has 0 aromatic heterocycles. The molecule has 0 heterocycles. The molecule has 5 aromatic rings. The number of rotatable bonds is 0. The van der Waals surface area contributed by atoms with E-state index in [9.17, 15) is 0 Å². The average molecular weight is 344 g/mol. The molecular weight excluding hydrogens is 324 g/mol. The third kappa shape index (κ3) is 1.88. The van der Waals surface area contributed by atoms with Crippen LogP contribution in [0.25, 0.3) is 43.4 Å². The van der Waals surface area contributed by atoms with Crippen LogP contribution in [0.1, 0.15) is 25.0 Å². The van der Waals surface area contributed by atoms with E-state index in [1.807, 2.05) is 0 Å². The van der Waals surface area contributed by atoms with Crippen molar-refractivity contribution in [2.45, 2.75) is 19.3 Å². The molecule has 0 aliphatic heterocycles. The van der Waals surface area contributed by atoms with Gasteiger partial charge in [0.2, 0.25) is 0 Å². The molecule has 0 fully saturated rings. The van der Waals surface area contributed by atoms with Gasteiger partial charge in [-0.2, -0.15) is 0 Å². The highest BCUT2D eigenvalue weighted by Crippen LogP contribution is 2.51. The van der Waals surface area contributed by atoms with Crippen molar-refractivity contribution in [1.29, 1.82) is 0 Å². The van der Waals surface area contributed by atoms with Gasteiger partial charge in [-0.15, -0.1) is 0 Å². The molecule has 27 heavy (non-hydrogen) atoms. The van der Waals surface area contributed by atoms with E-state index in [1.165, 1.54) is 54.6 Å². The van der Waals surface area contributed by atoms with Crippen LogP contribution >= 0.6 is 0 Å². The van der Waals surface area contributed by atoms with E-state index in [0.29, 0.717) is 0 Å². The molecular formula is C27H20. The normalized spacial score (nSPS) is 14.6. The summed E-state index contributed by atoms with van der Waals surface area (Å²) in [4.78, 5) is 0. The first-order valence-corrected chi connectivity index (χ1v) is 9.63. The Morgan fingerprint density at radius 1 is 0.556 bits per heavy atom. The van der Waals surface area contributed by atoms with Gasteiger partial charge in [-0.25, -0.2) is 0 Å². The zero-order valence-corrected chi connectivity index (χ0v) is 15.6. The maximum absolute atomic E-state index is 2.41. The first-order chi connectivity index (χ1) is 13.1. The summed E-state index contributed by atoms with van der Waals surface area (Å²) in [6, 6.07) is 31.5. The van der Waals surface area contributed by atoms with Gasteiger partial charge in [0.15, 0.2) is 0 Å². The van der Waals surface area contributed by atoms with Crippen molar-refractivity contribution < 1.29 is 0 Å². The van der Waals surface area contributed by atoms with Crippen LogP contribution in [0.4, 0.5) is 0 Å². The Kier molecular flexibility index (Phi) is 2.77. The van der Waals surface area contributed by atoms with E-state index in [1.54, 1.807) is 0 Å². The molecule has 0 unspecified atom stereocenters. The Morgan fingerprint density at radius 3 is 2.04 bits per heavy atom. The summed E-state index contributed by atoms with van der Waals surface area (Å²) < 4.78 is 0. The van der Waals surface area contributed by atoms with Crippen LogP contribution in [0.15, 0.2) is 84.9 Å². The second kappa shape index (κ2) is 4.98. The summed E-state index contributed by atoms with van der Waals surface area (Å²) >= 11 is 0. The van der Waals surface area contributed by atoms with Crippen LogP contribution in [-0.2, 0) is 5.41 Å². The number of hydrogen-bond donors (Lipinski definition) is 0. The molecule has 128 valence electrons. The topological polar surface area (TPSA) is 0 Å². The lowest BCUT2D eigenvalue weighted by atomic mass is 9.67. The second-order valence-electron chi connectivity index (χ2n) is 8.25.